The number of para-hydroxylation sites is 2. The second-order valence-corrected chi connectivity index (χ2v) is 7.62. The van der Waals surface area contributed by atoms with Crippen molar-refractivity contribution in [2.24, 2.45) is 0 Å². The van der Waals surface area contributed by atoms with E-state index in [2.05, 4.69) is 10.2 Å². The number of rotatable bonds is 11. The van der Waals surface area contributed by atoms with Crippen LogP contribution >= 0.6 is 0 Å². The number of benzene rings is 2. The molecule has 0 saturated heterocycles. The standard InChI is InChI=1S/C25H31N3O5/c1-4-27(5-2)16-19(29)15-26-25(31)23-24(33-22(30)17-32-3)20-13-9-10-14-21(20)28(23)18-11-7-6-8-12-18/h6-14,19,29H,4-5,15-17H2,1-3H3,(H,26,31). The smallest absolute Gasteiger partial charge is 0.337 e. The number of aliphatic hydroxyl groups excluding tert-OH is 1. The second-order valence-electron chi connectivity index (χ2n) is 7.62. The van der Waals surface area contributed by atoms with Crippen molar-refractivity contribution in [2.75, 3.05) is 39.9 Å². The van der Waals surface area contributed by atoms with Gasteiger partial charge in [-0.3, -0.25) is 4.79 Å². The number of hydrogen-bond acceptors (Lipinski definition) is 6. The number of methoxy groups -OCH3 is 1. The van der Waals surface area contributed by atoms with Crippen LogP contribution in [0.4, 0.5) is 0 Å². The van der Waals surface area contributed by atoms with Crippen molar-refractivity contribution >= 4 is 22.8 Å². The first-order valence-corrected chi connectivity index (χ1v) is 11.1. The van der Waals surface area contributed by atoms with Crippen molar-refractivity contribution in [1.82, 2.24) is 14.8 Å². The van der Waals surface area contributed by atoms with Crippen LogP contribution in [0.5, 0.6) is 5.75 Å². The Morgan fingerprint density at radius 2 is 1.73 bits per heavy atom. The van der Waals surface area contributed by atoms with Crippen LogP contribution in [0.25, 0.3) is 16.6 Å². The number of nitrogens with one attached hydrogen (secondary N) is 1. The van der Waals surface area contributed by atoms with Crippen LogP contribution in [0.3, 0.4) is 0 Å². The quantitative estimate of drug-likeness (QED) is 0.434. The molecule has 1 unspecified atom stereocenters. The van der Waals surface area contributed by atoms with Gasteiger partial charge in [0.05, 0.1) is 11.6 Å². The summed E-state index contributed by atoms with van der Waals surface area (Å²) in [5.74, 6) is -0.898. The second kappa shape index (κ2) is 11.6. The van der Waals surface area contributed by atoms with Crippen molar-refractivity contribution < 1.29 is 24.2 Å². The maximum atomic E-state index is 13.4. The first kappa shape index (κ1) is 24.4. The minimum Gasteiger partial charge on any atom is -0.422 e. The highest BCUT2D eigenvalue weighted by molar-refractivity contribution is 6.06. The maximum Gasteiger partial charge on any atom is 0.337 e. The lowest BCUT2D eigenvalue weighted by atomic mass is 10.2. The van der Waals surface area contributed by atoms with E-state index in [1.165, 1.54) is 7.11 Å². The van der Waals surface area contributed by atoms with Gasteiger partial charge in [0.25, 0.3) is 5.91 Å². The molecule has 0 radical (unpaired) electrons. The number of carbonyl (C=O) groups is 2. The average Bonchev–Trinajstić information content (AvgIpc) is 3.15. The highest BCUT2D eigenvalue weighted by Crippen LogP contribution is 2.36. The predicted octanol–water partition coefficient (Wildman–Crippen LogP) is 2.61. The number of amides is 1. The summed E-state index contributed by atoms with van der Waals surface area (Å²) in [6.07, 6.45) is -0.733. The number of carbonyl (C=O) groups excluding carboxylic acids is 2. The fraction of sp³-hybridized carbons (Fsp3) is 0.360. The monoisotopic (exact) mass is 453 g/mol. The first-order chi connectivity index (χ1) is 16.0. The molecule has 1 aromatic heterocycles. The summed E-state index contributed by atoms with van der Waals surface area (Å²) < 4.78 is 12.3. The van der Waals surface area contributed by atoms with Gasteiger partial charge in [0.15, 0.2) is 11.4 Å². The lowest BCUT2D eigenvalue weighted by molar-refractivity contribution is -0.138. The van der Waals surface area contributed by atoms with Crippen LogP contribution in [0.1, 0.15) is 24.3 Å². The van der Waals surface area contributed by atoms with Crippen molar-refractivity contribution in [3.63, 3.8) is 0 Å². The molecule has 3 rings (SSSR count). The van der Waals surface area contributed by atoms with Crippen LogP contribution < -0.4 is 10.1 Å². The Bertz CT molecular complexity index is 1080. The number of esters is 1. The minimum atomic E-state index is -0.733. The van der Waals surface area contributed by atoms with Gasteiger partial charge < -0.3 is 29.4 Å². The zero-order valence-electron chi connectivity index (χ0n) is 19.3. The molecular formula is C25H31N3O5. The van der Waals surface area contributed by atoms with Crippen molar-refractivity contribution in [3.8, 4) is 11.4 Å². The first-order valence-electron chi connectivity index (χ1n) is 11.1. The number of ether oxygens (including phenoxy) is 2. The van der Waals surface area contributed by atoms with Crippen molar-refractivity contribution in [2.45, 2.75) is 20.0 Å². The van der Waals surface area contributed by atoms with Crippen LogP contribution in [0, 0.1) is 0 Å². The van der Waals surface area contributed by atoms with Gasteiger partial charge in [-0.05, 0) is 37.4 Å². The molecular weight excluding hydrogens is 422 g/mol. The average molecular weight is 454 g/mol. The number of likely N-dealkylation sites (N-methyl/N-ethyl adjacent to an activating group) is 1. The molecule has 1 atom stereocenters. The summed E-state index contributed by atoms with van der Waals surface area (Å²) in [5, 5.41) is 13.9. The van der Waals surface area contributed by atoms with E-state index in [0.29, 0.717) is 11.9 Å². The van der Waals surface area contributed by atoms with E-state index >= 15 is 0 Å². The van der Waals surface area contributed by atoms with Crippen LogP contribution in [0.15, 0.2) is 54.6 Å². The zero-order chi connectivity index (χ0) is 23.8. The number of nitrogens with zero attached hydrogens (tertiary/aromatic N) is 2. The molecule has 2 N–H and O–H groups in total. The molecule has 0 fully saturated rings. The Labute approximate surface area is 193 Å². The normalized spacial score (nSPS) is 12.2. The molecule has 8 nitrogen and oxygen atoms in total. The minimum absolute atomic E-state index is 0.0666. The Kier molecular flexibility index (Phi) is 8.59. The molecule has 0 aliphatic heterocycles. The molecule has 176 valence electrons. The van der Waals surface area contributed by atoms with E-state index in [9.17, 15) is 14.7 Å². The highest BCUT2D eigenvalue weighted by atomic mass is 16.6. The third kappa shape index (κ3) is 5.78. The summed E-state index contributed by atoms with van der Waals surface area (Å²) in [7, 11) is 1.40. The summed E-state index contributed by atoms with van der Waals surface area (Å²) in [6, 6.07) is 16.7. The van der Waals surface area contributed by atoms with E-state index in [1.807, 2.05) is 62.4 Å². The van der Waals surface area contributed by atoms with Gasteiger partial charge >= 0.3 is 5.97 Å². The fourth-order valence-corrected chi connectivity index (χ4v) is 3.76. The van der Waals surface area contributed by atoms with Gasteiger partial charge in [-0.25, -0.2) is 4.79 Å². The molecule has 1 amide bonds. The highest BCUT2D eigenvalue weighted by Gasteiger charge is 2.27. The van der Waals surface area contributed by atoms with E-state index in [1.54, 1.807) is 10.6 Å². The number of aromatic nitrogens is 1. The van der Waals surface area contributed by atoms with Crippen LogP contribution in [0.2, 0.25) is 0 Å². The number of hydrogen-bond donors (Lipinski definition) is 2. The van der Waals surface area contributed by atoms with Gasteiger partial charge in [0.1, 0.15) is 6.61 Å². The predicted molar refractivity (Wildman–Crippen MR) is 127 cm³/mol. The van der Waals surface area contributed by atoms with Gasteiger partial charge in [-0.1, -0.05) is 44.2 Å². The Morgan fingerprint density at radius 1 is 1.06 bits per heavy atom. The molecule has 0 aliphatic rings. The van der Waals surface area contributed by atoms with Gasteiger partial charge in [0.2, 0.25) is 0 Å². The van der Waals surface area contributed by atoms with Crippen LogP contribution in [-0.2, 0) is 9.53 Å². The summed E-state index contributed by atoms with van der Waals surface area (Å²) >= 11 is 0. The summed E-state index contributed by atoms with van der Waals surface area (Å²) in [5.41, 5.74) is 1.65. The number of fused-ring (bicyclic) bond motifs is 1. The molecule has 0 aliphatic carbocycles. The Hall–Kier alpha value is -3.20. The Balaban J connectivity index is 2.02. The molecule has 3 aromatic rings. The van der Waals surface area contributed by atoms with Gasteiger partial charge in [-0.15, -0.1) is 0 Å². The molecule has 0 saturated carbocycles. The molecule has 8 heteroatoms. The molecule has 0 bridgehead atoms. The van der Waals surface area contributed by atoms with Gasteiger partial charge in [-0.2, -0.15) is 0 Å². The molecule has 33 heavy (non-hydrogen) atoms. The molecule has 0 spiro atoms. The van der Waals surface area contributed by atoms with E-state index < -0.39 is 18.0 Å². The van der Waals surface area contributed by atoms with Crippen molar-refractivity contribution in [3.05, 3.63) is 60.3 Å². The third-order valence-electron chi connectivity index (χ3n) is 5.40. The SMILES string of the molecule is CCN(CC)CC(O)CNC(=O)c1c(OC(=O)COC)c2ccccc2n1-c1ccccc1. The summed E-state index contributed by atoms with van der Waals surface area (Å²) in [6.45, 7) is 5.93. The topological polar surface area (TPSA) is 93.0 Å². The lowest BCUT2D eigenvalue weighted by Gasteiger charge is -2.22. The van der Waals surface area contributed by atoms with Crippen LogP contribution in [-0.4, -0.2) is 72.4 Å². The van der Waals surface area contributed by atoms with Gasteiger partial charge in [0, 0.05) is 31.3 Å². The zero-order valence-corrected chi connectivity index (χ0v) is 19.3. The Morgan fingerprint density at radius 3 is 2.39 bits per heavy atom. The van der Waals surface area contributed by atoms with Crippen molar-refractivity contribution in [1.29, 1.82) is 0 Å². The van der Waals surface area contributed by atoms with E-state index in [4.69, 9.17) is 9.47 Å². The fourth-order valence-electron chi connectivity index (χ4n) is 3.76. The molecule has 1 heterocycles. The summed E-state index contributed by atoms with van der Waals surface area (Å²) in [4.78, 5) is 27.8. The van der Waals surface area contributed by atoms with E-state index in [0.717, 1.165) is 24.3 Å². The largest absolute Gasteiger partial charge is 0.422 e. The third-order valence-corrected chi connectivity index (χ3v) is 5.40. The number of aliphatic hydroxyl groups is 1. The maximum absolute atomic E-state index is 13.4. The molecule has 2 aromatic carbocycles. The van der Waals surface area contributed by atoms with E-state index in [-0.39, 0.29) is 24.6 Å². The lowest BCUT2D eigenvalue weighted by Crippen LogP contribution is -2.40.